The van der Waals surface area contributed by atoms with Gasteiger partial charge in [-0.15, -0.1) is 0 Å². The van der Waals surface area contributed by atoms with E-state index in [9.17, 15) is 4.79 Å². The molecule has 2 aromatic rings. The molecule has 0 amide bonds. The second-order valence-electron chi connectivity index (χ2n) is 3.88. The topological polar surface area (TPSA) is 37.8 Å². The molecular weight excluding hydrogens is 176 g/mol. The third kappa shape index (κ3) is 1.16. The fourth-order valence-electron chi connectivity index (χ4n) is 1.77. The highest BCUT2D eigenvalue weighted by molar-refractivity contribution is 5.81. The number of fused-ring (bicyclic) bond motifs is 1. The first-order valence-corrected chi connectivity index (χ1v) is 4.81. The smallest absolute Gasteiger partial charge is 0.271 e. The maximum absolute atomic E-state index is 11.6. The molecule has 0 radical (unpaired) electrons. The van der Waals surface area contributed by atoms with Gasteiger partial charge >= 0.3 is 0 Å². The molecule has 0 saturated carbocycles. The number of aryl methyl sites for hydroxylation is 1. The van der Waals surface area contributed by atoms with E-state index in [-0.39, 0.29) is 11.6 Å². The summed E-state index contributed by atoms with van der Waals surface area (Å²) in [7, 11) is 0. The van der Waals surface area contributed by atoms with Crippen molar-refractivity contribution in [2.75, 3.05) is 0 Å². The van der Waals surface area contributed by atoms with Crippen LogP contribution in [-0.4, -0.2) is 9.78 Å². The van der Waals surface area contributed by atoms with Gasteiger partial charge in [-0.1, -0.05) is 12.1 Å². The number of H-pyrrole nitrogens is 1. The lowest BCUT2D eigenvalue weighted by Gasteiger charge is -2.09. The molecule has 1 N–H and O–H groups in total. The van der Waals surface area contributed by atoms with Crippen molar-refractivity contribution in [3.63, 3.8) is 0 Å². The largest absolute Gasteiger partial charge is 0.282 e. The summed E-state index contributed by atoms with van der Waals surface area (Å²) in [5, 5.41) is 3.63. The molecule has 0 atom stereocenters. The Hall–Kier alpha value is -1.51. The first-order chi connectivity index (χ1) is 6.61. The first kappa shape index (κ1) is 9.06. The molecule has 0 aliphatic rings. The van der Waals surface area contributed by atoms with Crippen LogP contribution in [0.4, 0.5) is 0 Å². The summed E-state index contributed by atoms with van der Waals surface area (Å²) in [5.41, 5.74) is 2.15. The fourth-order valence-corrected chi connectivity index (χ4v) is 1.77. The number of para-hydroxylation sites is 1. The molecule has 0 fully saturated rings. The number of rotatable bonds is 1. The highest BCUT2D eigenvalue weighted by atomic mass is 16.1. The molecule has 3 heteroatoms. The molecule has 0 saturated heterocycles. The predicted octanol–water partition coefficient (Wildman–Crippen LogP) is 2.22. The van der Waals surface area contributed by atoms with Crippen LogP contribution in [-0.2, 0) is 0 Å². The van der Waals surface area contributed by atoms with Gasteiger partial charge in [0.1, 0.15) is 0 Å². The van der Waals surface area contributed by atoms with E-state index >= 15 is 0 Å². The van der Waals surface area contributed by atoms with Gasteiger partial charge in [0.25, 0.3) is 5.56 Å². The van der Waals surface area contributed by atoms with E-state index in [2.05, 4.69) is 18.9 Å². The van der Waals surface area contributed by atoms with Crippen LogP contribution in [0.2, 0.25) is 0 Å². The van der Waals surface area contributed by atoms with Crippen molar-refractivity contribution in [1.82, 2.24) is 9.78 Å². The van der Waals surface area contributed by atoms with E-state index in [1.165, 1.54) is 0 Å². The van der Waals surface area contributed by atoms with Crippen molar-refractivity contribution in [3.8, 4) is 0 Å². The average Bonchev–Trinajstić information content (AvgIpc) is 2.46. The predicted molar refractivity (Wildman–Crippen MR) is 57.7 cm³/mol. The molecule has 3 nitrogen and oxygen atoms in total. The summed E-state index contributed by atoms with van der Waals surface area (Å²) < 4.78 is 1.92. The monoisotopic (exact) mass is 190 g/mol. The first-order valence-electron chi connectivity index (χ1n) is 4.81. The number of hydrogen-bond donors (Lipinski definition) is 1. The summed E-state index contributed by atoms with van der Waals surface area (Å²) in [5.74, 6) is 0. The van der Waals surface area contributed by atoms with Crippen LogP contribution in [0.15, 0.2) is 23.0 Å². The zero-order chi connectivity index (χ0) is 10.3. The number of benzene rings is 1. The van der Waals surface area contributed by atoms with Crippen LogP contribution in [0.25, 0.3) is 10.9 Å². The molecule has 14 heavy (non-hydrogen) atoms. The van der Waals surface area contributed by atoms with Gasteiger partial charge in [-0.2, -0.15) is 0 Å². The third-order valence-electron chi connectivity index (χ3n) is 2.46. The van der Waals surface area contributed by atoms with E-state index in [1.54, 1.807) is 0 Å². The van der Waals surface area contributed by atoms with Crippen LogP contribution >= 0.6 is 0 Å². The van der Waals surface area contributed by atoms with Gasteiger partial charge in [0.2, 0.25) is 0 Å². The Morgan fingerprint density at radius 1 is 1.36 bits per heavy atom. The van der Waals surface area contributed by atoms with E-state index in [4.69, 9.17) is 0 Å². The van der Waals surface area contributed by atoms with Crippen molar-refractivity contribution in [3.05, 3.63) is 34.1 Å². The van der Waals surface area contributed by atoms with Crippen molar-refractivity contribution in [2.24, 2.45) is 0 Å². The lowest BCUT2D eigenvalue weighted by atomic mass is 10.1. The molecule has 0 bridgehead atoms. The third-order valence-corrected chi connectivity index (χ3v) is 2.46. The quantitative estimate of drug-likeness (QED) is 0.735. The molecule has 74 valence electrons. The van der Waals surface area contributed by atoms with E-state index in [0.29, 0.717) is 0 Å². The van der Waals surface area contributed by atoms with Crippen molar-refractivity contribution in [2.45, 2.75) is 26.8 Å². The van der Waals surface area contributed by atoms with E-state index in [1.807, 2.05) is 29.8 Å². The van der Waals surface area contributed by atoms with Gasteiger partial charge in [-0.3, -0.25) is 14.6 Å². The summed E-state index contributed by atoms with van der Waals surface area (Å²) in [6, 6.07) is 6.08. The maximum atomic E-state index is 11.6. The Kier molecular flexibility index (Phi) is 1.95. The second kappa shape index (κ2) is 3.01. The molecule has 1 heterocycles. The Morgan fingerprint density at radius 2 is 2.07 bits per heavy atom. The molecule has 0 aliphatic carbocycles. The molecule has 1 aromatic carbocycles. The summed E-state index contributed by atoms with van der Waals surface area (Å²) in [6.45, 7) is 6.14. The molecule has 0 unspecified atom stereocenters. The highest BCUT2D eigenvalue weighted by Crippen LogP contribution is 2.17. The van der Waals surface area contributed by atoms with Crippen molar-refractivity contribution < 1.29 is 0 Å². The highest BCUT2D eigenvalue weighted by Gasteiger charge is 2.09. The Balaban J connectivity index is 2.93. The van der Waals surface area contributed by atoms with Gasteiger partial charge in [0, 0.05) is 6.04 Å². The minimum Gasteiger partial charge on any atom is -0.282 e. The van der Waals surface area contributed by atoms with Crippen molar-refractivity contribution in [1.29, 1.82) is 0 Å². The van der Waals surface area contributed by atoms with Gasteiger partial charge < -0.3 is 0 Å². The van der Waals surface area contributed by atoms with Crippen LogP contribution < -0.4 is 5.56 Å². The second-order valence-corrected chi connectivity index (χ2v) is 3.88. The number of aromatic nitrogens is 2. The maximum Gasteiger partial charge on any atom is 0.271 e. The summed E-state index contributed by atoms with van der Waals surface area (Å²) >= 11 is 0. The van der Waals surface area contributed by atoms with Gasteiger partial charge in [0.05, 0.1) is 10.9 Å². The normalized spacial score (nSPS) is 11.4. The van der Waals surface area contributed by atoms with E-state index < -0.39 is 0 Å². The number of nitrogens with zero attached hydrogens (tertiary/aromatic N) is 1. The van der Waals surface area contributed by atoms with Gasteiger partial charge in [-0.25, -0.2) is 0 Å². The zero-order valence-electron chi connectivity index (χ0n) is 8.66. The van der Waals surface area contributed by atoms with Gasteiger partial charge in [-0.05, 0) is 32.4 Å². The van der Waals surface area contributed by atoms with Crippen LogP contribution in [0.1, 0.15) is 25.5 Å². The lowest BCUT2D eigenvalue weighted by molar-refractivity contribution is 0.545. The number of nitrogens with one attached hydrogen (secondary N) is 1. The van der Waals surface area contributed by atoms with Crippen LogP contribution in [0, 0.1) is 6.92 Å². The van der Waals surface area contributed by atoms with Crippen molar-refractivity contribution >= 4 is 10.9 Å². The molecule has 0 aliphatic heterocycles. The van der Waals surface area contributed by atoms with Crippen LogP contribution in [0.3, 0.4) is 0 Å². The minimum absolute atomic E-state index is 0.00241. The SMILES string of the molecule is Cc1cccc2c(=O)[nH]n(C(C)C)c12. The Morgan fingerprint density at radius 3 is 2.71 bits per heavy atom. The lowest BCUT2D eigenvalue weighted by Crippen LogP contribution is -2.07. The molecule has 0 spiro atoms. The zero-order valence-corrected chi connectivity index (χ0v) is 8.66. The van der Waals surface area contributed by atoms with Crippen LogP contribution in [0.5, 0.6) is 0 Å². The minimum atomic E-state index is -0.00241. The van der Waals surface area contributed by atoms with E-state index in [0.717, 1.165) is 16.5 Å². The summed E-state index contributed by atoms with van der Waals surface area (Å²) in [4.78, 5) is 11.6. The number of hydrogen-bond acceptors (Lipinski definition) is 1. The standard InChI is InChI=1S/C11H14N2O/c1-7(2)13-10-8(3)5-4-6-9(10)11(14)12-13/h4-7H,1-3H3,(H,12,14). The molecular formula is C11H14N2O. The molecule has 1 aromatic heterocycles. The Labute approximate surface area is 82.3 Å². The number of aromatic amines is 1. The summed E-state index contributed by atoms with van der Waals surface area (Å²) in [6.07, 6.45) is 0. The fraction of sp³-hybridized carbons (Fsp3) is 0.364. The molecule has 2 rings (SSSR count). The Bertz CT molecular complexity index is 520. The van der Waals surface area contributed by atoms with Gasteiger partial charge in [0.15, 0.2) is 0 Å². The average molecular weight is 190 g/mol.